The predicted molar refractivity (Wildman–Crippen MR) is 78.2 cm³/mol. The molecular formula is C14H17N7O. The average Bonchev–Trinajstić information content (AvgIpc) is 3.19. The topological polar surface area (TPSA) is 83.5 Å². The molecule has 0 unspecified atom stereocenters. The maximum Gasteiger partial charge on any atom is 0.176 e. The molecule has 0 N–H and O–H groups in total. The fraction of sp³-hybridized carbons (Fsp3) is 0.357. The van der Waals surface area contributed by atoms with Crippen LogP contribution < -0.4 is 0 Å². The quantitative estimate of drug-likeness (QED) is 0.648. The molecule has 8 nitrogen and oxygen atoms in total. The zero-order valence-corrected chi connectivity index (χ0v) is 12.3. The average molecular weight is 299 g/mol. The summed E-state index contributed by atoms with van der Waals surface area (Å²) < 4.78 is 8.78. The summed E-state index contributed by atoms with van der Waals surface area (Å²) in [4.78, 5) is 12.5. The van der Waals surface area contributed by atoms with Gasteiger partial charge in [0.15, 0.2) is 5.82 Å². The molecule has 0 aliphatic heterocycles. The molecule has 0 aliphatic rings. The van der Waals surface area contributed by atoms with Gasteiger partial charge in [0, 0.05) is 32.5 Å². The second-order valence-electron chi connectivity index (χ2n) is 4.76. The lowest BCUT2D eigenvalue weighted by Crippen LogP contribution is -2.06. The lowest BCUT2D eigenvalue weighted by molar-refractivity contribution is 0.178. The Hall–Kier alpha value is -2.61. The first-order chi connectivity index (χ1) is 10.9. The normalized spacial score (nSPS) is 11.0. The van der Waals surface area contributed by atoms with Gasteiger partial charge in [-0.2, -0.15) is 5.10 Å². The summed E-state index contributed by atoms with van der Waals surface area (Å²) in [5.41, 5.74) is 0.945. The summed E-state index contributed by atoms with van der Waals surface area (Å²) in [5.74, 6) is 1.58. The predicted octanol–water partition coefficient (Wildman–Crippen LogP) is 1.03. The van der Waals surface area contributed by atoms with Crippen LogP contribution in [0.15, 0.2) is 37.2 Å². The Morgan fingerprint density at radius 1 is 1.18 bits per heavy atom. The van der Waals surface area contributed by atoms with Crippen LogP contribution in [0.5, 0.6) is 0 Å². The van der Waals surface area contributed by atoms with Gasteiger partial charge in [-0.25, -0.2) is 14.6 Å². The Labute approximate surface area is 127 Å². The standard InChI is InChI=1S/C14H17N7O/c1-22-9-13-18-14(3-2-8-20-11-16-10-17-20)21(19-13)12-4-6-15-7-5-12/h4-7,10-11H,2-3,8-9H2,1H3. The minimum absolute atomic E-state index is 0.397. The highest BCUT2D eigenvalue weighted by Gasteiger charge is 2.11. The Morgan fingerprint density at radius 2 is 2.05 bits per heavy atom. The second-order valence-corrected chi connectivity index (χ2v) is 4.76. The fourth-order valence-electron chi connectivity index (χ4n) is 2.18. The third kappa shape index (κ3) is 3.34. The van der Waals surface area contributed by atoms with Crippen LogP contribution in [-0.2, 0) is 24.3 Å². The van der Waals surface area contributed by atoms with E-state index in [0.717, 1.165) is 30.9 Å². The minimum atomic E-state index is 0.397. The van der Waals surface area contributed by atoms with Crippen molar-refractivity contribution in [1.29, 1.82) is 0 Å². The number of rotatable bonds is 7. The Balaban J connectivity index is 1.76. The molecule has 0 bridgehead atoms. The van der Waals surface area contributed by atoms with E-state index in [0.29, 0.717) is 12.4 Å². The number of aryl methyl sites for hydroxylation is 2. The number of nitrogens with zero attached hydrogens (tertiary/aromatic N) is 7. The van der Waals surface area contributed by atoms with E-state index in [-0.39, 0.29) is 0 Å². The Morgan fingerprint density at radius 3 is 2.77 bits per heavy atom. The molecule has 3 heterocycles. The highest BCUT2D eigenvalue weighted by atomic mass is 16.5. The number of pyridine rings is 1. The van der Waals surface area contributed by atoms with Gasteiger partial charge in [0.25, 0.3) is 0 Å². The second kappa shape index (κ2) is 6.90. The zero-order chi connectivity index (χ0) is 15.2. The van der Waals surface area contributed by atoms with Gasteiger partial charge in [-0.15, -0.1) is 5.10 Å². The first-order valence-corrected chi connectivity index (χ1v) is 7.03. The molecule has 0 radical (unpaired) electrons. The summed E-state index contributed by atoms with van der Waals surface area (Å²) in [6.07, 6.45) is 8.43. The molecule has 0 fully saturated rings. The van der Waals surface area contributed by atoms with Crippen molar-refractivity contribution in [2.45, 2.75) is 26.0 Å². The van der Waals surface area contributed by atoms with Crippen LogP contribution in [-0.4, -0.2) is 41.6 Å². The molecule has 0 saturated carbocycles. The number of hydrogen-bond donors (Lipinski definition) is 0. The van der Waals surface area contributed by atoms with Gasteiger partial charge in [0.2, 0.25) is 0 Å². The monoisotopic (exact) mass is 299 g/mol. The molecule has 3 rings (SSSR count). The number of aromatic nitrogens is 7. The van der Waals surface area contributed by atoms with Crippen molar-refractivity contribution < 1.29 is 4.74 Å². The first kappa shape index (κ1) is 14.3. The van der Waals surface area contributed by atoms with Crippen LogP contribution in [0.3, 0.4) is 0 Å². The maximum absolute atomic E-state index is 5.12. The molecule has 0 atom stereocenters. The van der Waals surface area contributed by atoms with Crippen LogP contribution in [0, 0.1) is 0 Å². The van der Waals surface area contributed by atoms with Crippen molar-refractivity contribution in [3.63, 3.8) is 0 Å². The highest BCUT2D eigenvalue weighted by Crippen LogP contribution is 2.11. The largest absolute Gasteiger partial charge is 0.377 e. The summed E-state index contributed by atoms with van der Waals surface area (Å²) in [5, 5.41) is 8.60. The lowest BCUT2D eigenvalue weighted by atomic mass is 10.3. The van der Waals surface area contributed by atoms with E-state index < -0.39 is 0 Å². The smallest absolute Gasteiger partial charge is 0.176 e. The van der Waals surface area contributed by atoms with Crippen molar-refractivity contribution in [2.24, 2.45) is 0 Å². The molecule has 0 saturated heterocycles. The van der Waals surface area contributed by atoms with E-state index in [1.165, 1.54) is 6.33 Å². The maximum atomic E-state index is 5.12. The van der Waals surface area contributed by atoms with Gasteiger partial charge in [0.05, 0.1) is 5.69 Å². The summed E-state index contributed by atoms with van der Waals surface area (Å²) in [7, 11) is 1.64. The Kier molecular flexibility index (Phi) is 4.50. The minimum Gasteiger partial charge on any atom is -0.377 e. The molecule has 0 amide bonds. The fourth-order valence-corrected chi connectivity index (χ4v) is 2.18. The van der Waals surface area contributed by atoms with Gasteiger partial charge in [-0.3, -0.25) is 9.67 Å². The molecule has 0 spiro atoms. The molecule has 0 aromatic carbocycles. The van der Waals surface area contributed by atoms with Gasteiger partial charge in [-0.05, 0) is 18.6 Å². The SMILES string of the molecule is COCc1nc(CCCn2cncn2)n(-c2ccncc2)n1. The first-order valence-electron chi connectivity index (χ1n) is 7.03. The van der Waals surface area contributed by atoms with Gasteiger partial charge in [-0.1, -0.05) is 0 Å². The van der Waals surface area contributed by atoms with Gasteiger partial charge >= 0.3 is 0 Å². The highest BCUT2D eigenvalue weighted by molar-refractivity contribution is 5.28. The molecule has 3 aromatic heterocycles. The van der Waals surface area contributed by atoms with Gasteiger partial charge in [0.1, 0.15) is 25.1 Å². The van der Waals surface area contributed by atoms with Crippen LogP contribution in [0.1, 0.15) is 18.1 Å². The van der Waals surface area contributed by atoms with Crippen molar-refractivity contribution >= 4 is 0 Å². The third-order valence-corrected chi connectivity index (χ3v) is 3.15. The van der Waals surface area contributed by atoms with Crippen LogP contribution in [0.2, 0.25) is 0 Å². The van der Waals surface area contributed by atoms with Crippen molar-refractivity contribution in [3.05, 3.63) is 48.8 Å². The van der Waals surface area contributed by atoms with Crippen molar-refractivity contribution in [2.75, 3.05) is 7.11 Å². The zero-order valence-electron chi connectivity index (χ0n) is 12.3. The van der Waals surface area contributed by atoms with Crippen molar-refractivity contribution in [3.8, 4) is 5.69 Å². The molecule has 22 heavy (non-hydrogen) atoms. The van der Waals surface area contributed by atoms with E-state index in [4.69, 9.17) is 4.74 Å². The van der Waals surface area contributed by atoms with Crippen molar-refractivity contribution in [1.82, 2.24) is 34.5 Å². The third-order valence-electron chi connectivity index (χ3n) is 3.15. The Bertz CT molecular complexity index is 693. The van der Waals surface area contributed by atoms with E-state index in [1.807, 2.05) is 21.5 Å². The van der Waals surface area contributed by atoms with Crippen LogP contribution >= 0.6 is 0 Å². The molecule has 114 valence electrons. The molecule has 3 aromatic rings. The molecule has 8 heteroatoms. The summed E-state index contributed by atoms with van der Waals surface area (Å²) in [6.45, 7) is 1.19. The number of hydrogen-bond acceptors (Lipinski definition) is 6. The summed E-state index contributed by atoms with van der Waals surface area (Å²) in [6, 6.07) is 3.82. The number of methoxy groups -OCH3 is 1. The van der Waals surface area contributed by atoms with E-state index in [2.05, 4.69) is 25.1 Å². The van der Waals surface area contributed by atoms with Gasteiger partial charge < -0.3 is 4.74 Å². The summed E-state index contributed by atoms with van der Waals surface area (Å²) >= 11 is 0. The lowest BCUT2D eigenvalue weighted by Gasteiger charge is -2.05. The molecular weight excluding hydrogens is 282 g/mol. The van der Waals surface area contributed by atoms with E-state index in [1.54, 1.807) is 25.8 Å². The number of ether oxygens (including phenoxy) is 1. The van der Waals surface area contributed by atoms with E-state index in [9.17, 15) is 0 Å². The molecule has 0 aliphatic carbocycles. The van der Waals surface area contributed by atoms with Crippen LogP contribution in [0.25, 0.3) is 5.69 Å². The van der Waals surface area contributed by atoms with E-state index >= 15 is 0 Å². The van der Waals surface area contributed by atoms with Crippen LogP contribution in [0.4, 0.5) is 0 Å².